The largest absolute Gasteiger partial charge is 0.365 e. The standard InChI is InChI=1S/C21H14Cl2IN5O/c22-18-8-3-13(11-25-18)20(30)27-15-5-1-12(2-6-15)10-26-19-16-9-14(24)4-7-17(16)28-21(23)29-19/h1-9,11H,10H2,(H,27,30)(H,26,28,29). The van der Waals surface area contributed by atoms with E-state index in [4.69, 9.17) is 23.2 Å². The summed E-state index contributed by atoms with van der Waals surface area (Å²) in [6, 6.07) is 16.6. The molecular formula is C21H14Cl2IN5O. The number of fused-ring (bicyclic) bond motifs is 1. The lowest BCUT2D eigenvalue weighted by atomic mass is 10.2. The van der Waals surface area contributed by atoms with Crippen LogP contribution in [0.25, 0.3) is 10.9 Å². The summed E-state index contributed by atoms with van der Waals surface area (Å²) < 4.78 is 1.09. The van der Waals surface area contributed by atoms with Gasteiger partial charge in [-0.2, -0.15) is 0 Å². The van der Waals surface area contributed by atoms with E-state index in [0.717, 1.165) is 20.0 Å². The molecule has 0 bridgehead atoms. The summed E-state index contributed by atoms with van der Waals surface area (Å²) in [5.41, 5.74) is 2.93. The number of nitrogens with one attached hydrogen (secondary N) is 2. The molecule has 2 aromatic carbocycles. The molecule has 150 valence electrons. The van der Waals surface area contributed by atoms with E-state index < -0.39 is 0 Å². The van der Waals surface area contributed by atoms with Crippen LogP contribution in [0.1, 0.15) is 15.9 Å². The third-order valence-corrected chi connectivity index (χ3v) is 5.36. The van der Waals surface area contributed by atoms with E-state index >= 15 is 0 Å². The van der Waals surface area contributed by atoms with Gasteiger partial charge in [0.1, 0.15) is 11.0 Å². The summed E-state index contributed by atoms with van der Waals surface area (Å²) in [6.07, 6.45) is 1.44. The number of pyridine rings is 1. The minimum absolute atomic E-state index is 0.195. The highest BCUT2D eigenvalue weighted by molar-refractivity contribution is 14.1. The second-order valence-electron chi connectivity index (χ2n) is 6.38. The van der Waals surface area contributed by atoms with Crippen molar-refractivity contribution in [2.24, 2.45) is 0 Å². The van der Waals surface area contributed by atoms with Crippen molar-refractivity contribution in [3.8, 4) is 0 Å². The Kier molecular flexibility index (Phi) is 6.31. The lowest BCUT2D eigenvalue weighted by molar-refractivity contribution is 0.102. The minimum atomic E-state index is -0.248. The van der Waals surface area contributed by atoms with Gasteiger partial charge < -0.3 is 10.6 Å². The van der Waals surface area contributed by atoms with Gasteiger partial charge in [0.15, 0.2) is 0 Å². The van der Waals surface area contributed by atoms with Gasteiger partial charge in [0.25, 0.3) is 5.91 Å². The molecule has 2 heterocycles. The quantitative estimate of drug-likeness (QED) is 0.187. The third kappa shape index (κ3) is 4.97. The number of anilines is 2. The Morgan fingerprint density at radius 3 is 2.53 bits per heavy atom. The zero-order valence-electron chi connectivity index (χ0n) is 15.4. The molecule has 2 N–H and O–H groups in total. The zero-order chi connectivity index (χ0) is 21.1. The number of hydrogen-bond donors (Lipinski definition) is 2. The smallest absolute Gasteiger partial charge is 0.257 e. The van der Waals surface area contributed by atoms with Gasteiger partial charge in [-0.1, -0.05) is 23.7 Å². The van der Waals surface area contributed by atoms with Crippen LogP contribution in [0.2, 0.25) is 10.4 Å². The summed E-state index contributed by atoms with van der Waals surface area (Å²) in [5.74, 6) is 0.429. The number of amides is 1. The maximum Gasteiger partial charge on any atom is 0.257 e. The molecule has 0 aliphatic rings. The Morgan fingerprint density at radius 1 is 1.00 bits per heavy atom. The van der Waals surface area contributed by atoms with E-state index in [0.29, 0.717) is 28.8 Å². The predicted octanol–water partition coefficient (Wildman–Crippen LogP) is 5.80. The maximum atomic E-state index is 12.3. The van der Waals surface area contributed by atoms with Gasteiger partial charge in [-0.05, 0) is 82.2 Å². The van der Waals surface area contributed by atoms with Gasteiger partial charge in [0.2, 0.25) is 5.28 Å². The Balaban J connectivity index is 1.44. The minimum Gasteiger partial charge on any atom is -0.365 e. The van der Waals surface area contributed by atoms with Crippen molar-refractivity contribution >= 4 is 74.1 Å². The summed E-state index contributed by atoms with van der Waals surface area (Å²) in [7, 11) is 0. The van der Waals surface area contributed by atoms with Crippen LogP contribution in [0.3, 0.4) is 0 Å². The molecule has 9 heteroatoms. The van der Waals surface area contributed by atoms with Crippen LogP contribution >= 0.6 is 45.8 Å². The molecule has 0 fully saturated rings. The van der Waals surface area contributed by atoms with Crippen LogP contribution in [0, 0.1) is 3.57 Å². The number of carbonyl (C=O) groups excluding carboxylic acids is 1. The number of rotatable bonds is 5. The van der Waals surface area contributed by atoms with E-state index in [1.165, 1.54) is 6.20 Å². The number of hydrogen-bond acceptors (Lipinski definition) is 5. The number of halogens is 3. The van der Waals surface area contributed by atoms with Gasteiger partial charge in [-0.3, -0.25) is 4.79 Å². The normalized spacial score (nSPS) is 10.8. The Hall–Kier alpha value is -2.49. The first-order valence-corrected chi connectivity index (χ1v) is 10.7. The molecule has 0 unspecified atom stereocenters. The SMILES string of the molecule is O=C(Nc1ccc(CNc2nc(Cl)nc3ccc(I)cc23)cc1)c1ccc(Cl)nc1. The van der Waals surface area contributed by atoms with E-state index in [1.54, 1.807) is 12.1 Å². The average Bonchev–Trinajstić information content (AvgIpc) is 2.74. The fourth-order valence-electron chi connectivity index (χ4n) is 2.81. The van der Waals surface area contributed by atoms with Crippen molar-refractivity contribution in [2.75, 3.05) is 10.6 Å². The highest BCUT2D eigenvalue weighted by Crippen LogP contribution is 2.25. The maximum absolute atomic E-state index is 12.3. The molecular weight excluding hydrogens is 536 g/mol. The predicted molar refractivity (Wildman–Crippen MR) is 128 cm³/mol. The lowest BCUT2D eigenvalue weighted by Gasteiger charge is -2.10. The molecule has 0 atom stereocenters. The molecule has 0 aliphatic heterocycles. The van der Waals surface area contributed by atoms with E-state index in [2.05, 4.69) is 48.2 Å². The topological polar surface area (TPSA) is 79.8 Å². The van der Waals surface area contributed by atoms with Crippen LogP contribution < -0.4 is 10.6 Å². The van der Waals surface area contributed by atoms with Crippen molar-refractivity contribution < 1.29 is 4.79 Å². The molecule has 30 heavy (non-hydrogen) atoms. The number of nitrogens with zero attached hydrogens (tertiary/aromatic N) is 3. The second-order valence-corrected chi connectivity index (χ2v) is 8.35. The Morgan fingerprint density at radius 2 is 1.80 bits per heavy atom. The summed E-state index contributed by atoms with van der Waals surface area (Å²) in [5, 5.41) is 7.60. The fraction of sp³-hybridized carbons (Fsp3) is 0.0476. The van der Waals surface area contributed by atoms with Crippen molar-refractivity contribution in [1.82, 2.24) is 15.0 Å². The van der Waals surface area contributed by atoms with Crippen molar-refractivity contribution in [3.63, 3.8) is 0 Å². The molecule has 6 nitrogen and oxygen atoms in total. The number of carbonyl (C=O) groups is 1. The number of aromatic nitrogens is 3. The third-order valence-electron chi connectivity index (χ3n) is 4.29. The molecule has 4 rings (SSSR count). The van der Waals surface area contributed by atoms with E-state index in [1.807, 2.05) is 42.5 Å². The molecule has 2 aromatic heterocycles. The summed E-state index contributed by atoms with van der Waals surface area (Å²) >= 11 is 14.1. The van der Waals surface area contributed by atoms with Crippen LogP contribution in [0.15, 0.2) is 60.8 Å². The van der Waals surface area contributed by atoms with Crippen molar-refractivity contribution in [3.05, 3.63) is 85.9 Å². The van der Waals surface area contributed by atoms with Gasteiger partial charge in [-0.25, -0.2) is 15.0 Å². The highest BCUT2D eigenvalue weighted by Gasteiger charge is 2.09. The first-order chi connectivity index (χ1) is 14.5. The van der Waals surface area contributed by atoms with Crippen LogP contribution in [-0.4, -0.2) is 20.9 Å². The molecule has 0 radical (unpaired) electrons. The van der Waals surface area contributed by atoms with Crippen molar-refractivity contribution in [1.29, 1.82) is 0 Å². The zero-order valence-corrected chi connectivity index (χ0v) is 19.0. The Bertz CT molecular complexity index is 1220. The van der Waals surface area contributed by atoms with E-state index in [-0.39, 0.29) is 11.2 Å². The Labute approximate surface area is 196 Å². The van der Waals surface area contributed by atoms with Crippen molar-refractivity contribution in [2.45, 2.75) is 6.54 Å². The van der Waals surface area contributed by atoms with Crippen LogP contribution in [0.4, 0.5) is 11.5 Å². The van der Waals surface area contributed by atoms with Gasteiger partial charge in [0.05, 0.1) is 11.1 Å². The molecule has 0 aliphatic carbocycles. The number of benzene rings is 2. The van der Waals surface area contributed by atoms with Crippen LogP contribution in [-0.2, 0) is 6.54 Å². The first kappa shape index (κ1) is 20.8. The van der Waals surface area contributed by atoms with E-state index in [9.17, 15) is 4.79 Å². The summed E-state index contributed by atoms with van der Waals surface area (Å²) in [6.45, 7) is 0.545. The second kappa shape index (κ2) is 9.11. The molecule has 0 saturated carbocycles. The van der Waals surface area contributed by atoms with Gasteiger partial charge >= 0.3 is 0 Å². The average molecular weight is 550 g/mol. The monoisotopic (exact) mass is 549 g/mol. The van der Waals surface area contributed by atoms with Gasteiger partial charge in [0, 0.05) is 27.4 Å². The molecule has 0 spiro atoms. The molecule has 0 saturated heterocycles. The first-order valence-electron chi connectivity index (χ1n) is 8.86. The fourth-order valence-corrected chi connectivity index (χ4v) is 3.59. The lowest BCUT2D eigenvalue weighted by Crippen LogP contribution is -2.12. The highest BCUT2D eigenvalue weighted by atomic mass is 127. The molecule has 4 aromatic rings. The van der Waals surface area contributed by atoms with Crippen LogP contribution in [0.5, 0.6) is 0 Å². The summed E-state index contributed by atoms with van der Waals surface area (Å²) in [4.78, 5) is 24.8. The molecule has 1 amide bonds. The van der Waals surface area contributed by atoms with Gasteiger partial charge in [-0.15, -0.1) is 0 Å².